The summed E-state index contributed by atoms with van der Waals surface area (Å²) in [7, 11) is 0. The molecule has 0 aromatic heterocycles. The van der Waals surface area contributed by atoms with E-state index in [1.54, 1.807) is 0 Å². The van der Waals surface area contributed by atoms with E-state index in [1.807, 2.05) is 0 Å². The van der Waals surface area contributed by atoms with Crippen molar-refractivity contribution in [2.75, 3.05) is 0 Å². The maximum Gasteiger partial charge on any atom is 0.0650 e. The standard InChI is InChI=1S/C56H95N5/c57-55(45-23-15-21-41(35-45)43-31-33-52(58-46-24-9-3-10-25-46)50(37-43)39-17-5-1-6-18-39)60-56(40-19-7-2-8-20-40)59-47-26-16-22-42(36-47)44-32-34-54-51(38-44)49-29-13-14-30-53(49)61(54)48-27-11-4-12-28-48/h7,13,19,29,39-56,58-60H,1-6,8-12,14-18,20-28,30-38,57H2. The van der Waals surface area contributed by atoms with Crippen LogP contribution in [-0.4, -0.2) is 53.5 Å². The normalized spacial score (nSPS) is 43.4. The SMILES string of the molecule is NC(NC(NC1CCCC(C2CCC3C(C2)C2C=CCCC2N3C2CCCCC2)C1)C1C=CCCC1)C1CCCC(C2CCC(NC3CCCCC3)C(C3CCCCC3)C2)C1. The maximum absolute atomic E-state index is 7.44. The highest BCUT2D eigenvalue weighted by molar-refractivity contribution is 5.14. The predicted molar refractivity (Wildman–Crippen MR) is 256 cm³/mol. The fourth-order valence-corrected chi connectivity index (χ4v) is 17.6. The number of hydrogen-bond donors (Lipinski definition) is 4. The number of nitrogens with one attached hydrogen (secondary N) is 3. The quantitative estimate of drug-likeness (QED) is 0.116. The minimum absolute atomic E-state index is 0.106. The van der Waals surface area contributed by atoms with Gasteiger partial charge in [-0.3, -0.25) is 15.5 Å². The lowest BCUT2D eigenvalue weighted by Crippen LogP contribution is -2.60. The summed E-state index contributed by atoms with van der Waals surface area (Å²) in [6, 6.07) is 4.84. The molecule has 344 valence electrons. The molecule has 1 heterocycles. The highest BCUT2D eigenvalue weighted by Gasteiger charge is 2.53. The predicted octanol–water partition coefficient (Wildman–Crippen LogP) is 12.6. The zero-order valence-corrected chi connectivity index (χ0v) is 39.3. The first-order valence-electron chi connectivity index (χ1n) is 28.3. The summed E-state index contributed by atoms with van der Waals surface area (Å²) in [4.78, 5) is 3.18. The summed E-state index contributed by atoms with van der Waals surface area (Å²) < 4.78 is 0. The van der Waals surface area contributed by atoms with E-state index in [9.17, 15) is 0 Å². The van der Waals surface area contributed by atoms with Crippen molar-refractivity contribution in [2.24, 2.45) is 64.9 Å². The molecule has 15 atom stereocenters. The Balaban J connectivity index is 0.761. The molecule has 1 aliphatic heterocycles. The Labute approximate surface area is 375 Å². The fourth-order valence-electron chi connectivity index (χ4n) is 17.6. The Kier molecular flexibility index (Phi) is 15.4. The van der Waals surface area contributed by atoms with Crippen LogP contribution in [0.1, 0.15) is 218 Å². The zero-order chi connectivity index (χ0) is 41.0. The molecule has 7 saturated carbocycles. The number of nitrogens with zero attached hydrogens (tertiary/aromatic N) is 1. The van der Waals surface area contributed by atoms with Crippen LogP contribution in [0.25, 0.3) is 0 Å². The Bertz CT molecular complexity index is 1390. The fraction of sp³-hybridized carbons (Fsp3) is 0.929. The van der Waals surface area contributed by atoms with Crippen molar-refractivity contribution in [3.8, 4) is 0 Å². The maximum atomic E-state index is 7.44. The van der Waals surface area contributed by atoms with E-state index in [-0.39, 0.29) is 6.17 Å². The molecule has 5 nitrogen and oxygen atoms in total. The van der Waals surface area contributed by atoms with Crippen LogP contribution in [-0.2, 0) is 0 Å². The molecule has 8 fully saturated rings. The van der Waals surface area contributed by atoms with Crippen LogP contribution in [0.4, 0.5) is 0 Å². The molecule has 0 bridgehead atoms. The molecule has 15 unspecified atom stereocenters. The second-order valence-corrected chi connectivity index (χ2v) is 24.1. The highest BCUT2D eigenvalue weighted by atomic mass is 15.3. The highest BCUT2D eigenvalue weighted by Crippen LogP contribution is 2.53. The van der Waals surface area contributed by atoms with Crippen LogP contribution < -0.4 is 21.7 Å². The smallest absolute Gasteiger partial charge is 0.0650 e. The third-order valence-corrected chi connectivity index (χ3v) is 20.7. The number of rotatable bonds is 12. The summed E-state index contributed by atoms with van der Waals surface area (Å²) >= 11 is 0. The number of allylic oxidation sites excluding steroid dienone is 2. The molecule has 5 heteroatoms. The number of hydrogen-bond acceptors (Lipinski definition) is 5. The Hall–Kier alpha value is -0.720. The summed E-state index contributed by atoms with van der Waals surface area (Å²) in [5.41, 5.74) is 7.44. The van der Waals surface area contributed by atoms with Crippen LogP contribution in [0.15, 0.2) is 24.3 Å². The lowest BCUT2D eigenvalue weighted by Gasteiger charge is -2.47. The van der Waals surface area contributed by atoms with Gasteiger partial charge in [-0.05, 0) is 175 Å². The molecule has 5 N–H and O–H groups in total. The van der Waals surface area contributed by atoms with E-state index in [4.69, 9.17) is 5.73 Å². The Morgan fingerprint density at radius 3 is 1.92 bits per heavy atom. The molecule has 10 rings (SSSR count). The van der Waals surface area contributed by atoms with Crippen molar-refractivity contribution in [1.82, 2.24) is 20.9 Å². The molecular weight excluding hydrogens is 743 g/mol. The van der Waals surface area contributed by atoms with Crippen molar-refractivity contribution >= 4 is 0 Å². The van der Waals surface area contributed by atoms with Gasteiger partial charge in [-0.15, -0.1) is 0 Å². The van der Waals surface area contributed by atoms with Gasteiger partial charge in [-0.1, -0.05) is 121 Å². The number of likely N-dealkylation sites (tertiary alicyclic amines) is 1. The summed E-state index contributed by atoms with van der Waals surface area (Å²) in [5, 5.41) is 13.0. The van der Waals surface area contributed by atoms with Gasteiger partial charge in [0.1, 0.15) is 0 Å². The monoisotopic (exact) mass is 838 g/mol. The summed E-state index contributed by atoms with van der Waals surface area (Å²) in [6.45, 7) is 0. The minimum Gasteiger partial charge on any atom is -0.316 e. The van der Waals surface area contributed by atoms with E-state index in [1.165, 1.54) is 218 Å². The lowest BCUT2D eigenvalue weighted by atomic mass is 9.62. The van der Waals surface area contributed by atoms with Gasteiger partial charge in [0.25, 0.3) is 0 Å². The minimum atomic E-state index is 0.106. The zero-order valence-electron chi connectivity index (χ0n) is 39.3. The Morgan fingerprint density at radius 1 is 0.475 bits per heavy atom. The molecule has 0 radical (unpaired) electrons. The molecule has 0 spiro atoms. The topological polar surface area (TPSA) is 65.3 Å². The van der Waals surface area contributed by atoms with Gasteiger partial charge in [0.05, 0.1) is 12.3 Å². The van der Waals surface area contributed by atoms with Crippen LogP contribution in [0.5, 0.6) is 0 Å². The molecular formula is C56H95N5. The van der Waals surface area contributed by atoms with Gasteiger partial charge in [0.2, 0.25) is 0 Å². The molecule has 0 aromatic carbocycles. The second kappa shape index (κ2) is 21.3. The van der Waals surface area contributed by atoms with E-state index in [0.717, 1.165) is 77.6 Å². The first kappa shape index (κ1) is 44.1. The van der Waals surface area contributed by atoms with Crippen LogP contribution in [0.2, 0.25) is 0 Å². The molecule has 9 aliphatic carbocycles. The third kappa shape index (κ3) is 10.5. The van der Waals surface area contributed by atoms with Gasteiger partial charge in [-0.25, -0.2) is 0 Å². The van der Waals surface area contributed by atoms with Gasteiger partial charge < -0.3 is 11.1 Å². The average Bonchev–Trinajstić information content (AvgIpc) is 3.66. The van der Waals surface area contributed by atoms with Crippen molar-refractivity contribution in [3.63, 3.8) is 0 Å². The van der Waals surface area contributed by atoms with Crippen molar-refractivity contribution < 1.29 is 0 Å². The summed E-state index contributed by atoms with van der Waals surface area (Å²) in [5.74, 6) is 8.50. The first-order chi connectivity index (χ1) is 30.1. The third-order valence-electron chi connectivity index (χ3n) is 20.7. The number of fused-ring (bicyclic) bond motifs is 3. The average molecular weight is 838 g/mol. The van der Waals surface area contributed by atoms with E-state index in [0.29, 0.717) is 24.0 Å². The van der Waals surface area contributed by atoms with Crippen molar-refractivity contribution in [3.05, 3.63) is 24.3 Å². The molecule has 10 aliphatic rings. The second-order valence-electron chi connectivity index (χ2n) is 24.1. The molecule has 61 heavy (non-hydrogen) atoms. The molecule has 0 aromatic rings. The Morgan fingerprint density at radius 2 is 1.13 bits per heavy atom. The van der Waals surface area contributed by atoms with Gasteiger partial charge >= 0.3 is 0 Å². The molecule has 1 saturated heterocycles. The van der Waals surface area contributed by atoms with E-state index < -0.39 is 0 Å². The van der Waals surface area contributed by atoms with Gasteiger partial charge in [-0.2, -0.15) is 0 Å². The van der Waals surface area contributed by atoms with E-state index >= 15 is 0 Å². The van der Waals surface area contributed by atoms with Gasteiger partial charge in [0.15, 0.2) is 0 Å². The molecule has 0 amide bonds. The van der Waals surface area contributed by atoms with Crippen LogP contribution in [0.3, 0.4) is 0 Å². The van der Waals surface area contributed by atoms with Crippen LogP contribution >= 0.6 is 0 Å². The summed E-state index contributed by atoms with van der Waals surface area (Å²) in [6.07, 6.45) is 59.6. The number of nitrogens with two attached hydrogens (primary N) is 1. The van der Waals surface area contributed by atoms with Crippen molar-refractivity contribution in [1.29, 1.82) is 0 Å². The van der Waals surface area contributed by atoms with Gasteiger partial charge in [0, 0.05) is 42.2 Å². The van der Waals surface area contributed by atoms with E-state index in [2.05, 4.69) is 45.2 Å². The van der Waals surface area contributed by atoms with Crippen molar-refractivity contribution in [2.45, 2.75) is 267 Å². The first-order valence-corrected chi connectivity index (χ1v) is 28.3. The van der Waals surface area contributed by atoms with Crippen LogP contribution in [0, 0.1) is 59.2 Å². The lowest BCUT2D eigenvalue weighted by molar-refractivity contribution is 0.0482. The largest absolute Gasteiger partial charge is 0.316 e.